The van der Waals surface area contributed by atoms with Crippen molar-refractivity contribution < 1.29 is 28.5 Å². The second-order valence-electron chi connectivity index (χ2n) is 7.73. The normalized spacial score (nSPS) is 10.7. The Morgan fingerprint density at radius 2 is 1.36 bits per heavy atom. The first-order chi connectivity index (χ1) is 17.4. The summed E-state index contributed by atoms with van der Waals surface area (Å²) in [5.41, 5.74) is 3.35. The van der Waals surface area contributed by atoms with Crippen molar-refractivity contribution in [2.45, 2.75) is 12.8 Å². The molecule has 1 N–H and O–H groups in total. The topological polar surface area (TPSA) is 75.3 Å². The lowest BCUT2D eigenvalue weighted by Crippen LogP contribution is -2.01. The summed E-state index contributed by atoms with van der Waals surface area (Å²) < 4.78 is 28.0. The van der Waals surface area contributed by atoms with Crippen molar-refractivity contribution in [3.8, 4) is 28.7 Å². The molecule has 0 atom stereocenters. The Morgan fingerprint density at radius 1 is 0.778 bits per heavy atom. The molecule has 8 heteroatoms. The Balaban J connectivity index is 1.79. The van der Waals surface area contributed by atoms with E-state index in [1.54, 1.807) is 59.9 Å². The van der Waals surface area contributed by atoms with E-state index < -0.39 is 0 Å². The number of halogens is 1. The maximum Gasteiger partial charge on any atom is 0.203 e. The molecule has 0 amide bonds. The van der Waals surface area contributed by atoms with Gasteiger partial charge in [-0.15, -0.1) is 0 Å². The molecule has 0 saturated heterocycles. The van der Waals surface area contributed by atoms with Crippen LogP contribution >= 0.6 is 15.9 Å². The van der Waals surface area contributed by atoms with Crippen LogP contribution in [-0.4, -0.2) is 41.3 Å². The highest BCUT2D eigenvalue weighted by atomic mass is 79.9. The summed E-state index contributed by atoms with van der Waals surface area (Å²) in [6.07, 6.45) is 4.56. The van der Waals surface area contributed by atoms with Crippen LogP contribution in [0.4, 0.5) is 5.69 Å². The van der Waals surface area contributed by atoms with Crippen molar-refractivity contribution in [2.75, 3.05) is 40.9 Å². The number of rotatable bonds is 12. The van der Waals surface area contributed by atoms with Gasteiger partial charge >= 0.3 is 0 Å². The minimum absolute atomic E-state index is 0.170. The van der Waals surface area contributed by atoms with Crippen LogP contribution in [0.3, 0.4) is 0 Å². The number of carbonyl (C=O) groups is 1. The standard InChI is InChI=1S/C28H30BrNO6/c1-32-24-9-7-6-8-20(24)23(31)12-13-30-22-15-18(14-21(29)27(22)35-4)10-11-19-16-25(33-2)28(36-5)26(17-19)34-3/h6-9,12-17,30H,10-11H2,1-5H3/b13-12-. The molecule has 190 valence electrons. The zero-order valence-corrected chi connectivity index (χ0v) is 22.6. The van der Waals surface area contributed by atoms with Crippen molar-refractivity contribution in [1.29, 1.82) is 0 Å². The summed E-state index contributed by atoms with van der Waals surface area (Å²) in [5, 5.41) is 3.18. The van der Waals surface area contributed by atoms with Gasteiger partial charge < -0.3 is 29.0 Å². The molecule has 0 aliphatic rings. The number of para-hydroxylation sites is 1. The summed E-state index contributed by atoms with van der Waals surface area (Å²) >= 11 is 3.60. The summed E-state index contributed by atoms with van der Waals surface area (Å²) in [6, 6.07) is 15.0. The van der Waals surface area contributed by atoms with Gasteiger partial charge in [0, 0.05) is 12.3 Å². The molecular weight excluding hydrogens is 526 g/mol. The molecule has 36 heavy (non-hydrogen) atoms. The summed E-state index contributed by atoms with van der Waals surface area (Å²) in [5.74, 6) is 2.81. The molecule has 0 saturated carbocycles. The second kappa shape index (κ2) is 12.9. The lowest BCUT2D eigenvalue weighted by Gasteiger charge is -2.15. The number of anilines is 1. The number of ether oxygens (including phenoxy) is 5. The number of methoxy groups -OCH3 is 5. The Morgan fingerprint density at radius 3 is 1.94 bits per heavy atom. The Kier molecular flexibility index (Phi) is 9.64. The number of ketones is 1. The van der Waals surface area contributed by atoms with E-state index in [0.717, 1.165) is 34.1 Å². The van der Waals surface area contributed by atoms with Crippen molar-refractivity contribution >= 4 is 27.4 Å². The fraction of sp³-hybridized carbons (Fsp3) is 0.250. The SMILES string of the molecule is COc1ccccc1C(=O)/C=C\Nc1cc(CCc2cc(OC)c(OC)c(OC)c2)cc(Br)c1OC. The van der Waals surface area contributed by atoms with Gasteiger partial charge in [-0.2, -0.15) is 0 Å². The van der Waals surface area contributed by atoms with Crippen LogP contribution in [0.2, 0.25) is 0 Å². The third-order valence-corrected chi connectivity index (χ3v) is 6.17. The van der Waals surface area contributed by atoms with Crippen molar-refractivity contribution in [3.63, 3.8) is 0 Å². The van der Waals surface area contributed by atoms with Crippen LogP contribution in [0, 0.1) is 0 Å². The number of nitrogens with one attached hydrogen (secondary N) is 1. The van der Waals surface area contributed by atoms with E-state index in [9.17, 15) is 4.79 Å². The average Bonchev–Trinajstić information content (AvgIpc) is 2.90. The van der Waals surface area contributed by atoms with Gasteiger partial charge in [-0.1, -0.05) is 12.1 Å². The Bertz CT molecular complexity index is 1220. The summed E-state index contributed by atoms with van der Waals surface area (Å²) in [6.45, 7) is 0. The van der Waals surface area contributed by atoms with E-state index in [4.69, 9.17) is 23.7 Å². The summed E-state index contributed by atoms with van der Waals surface area (Å²) in [7, 11) is 7.93. The molecule has 0 aliphatic heterocycles. The van der Waals surface area contributed by atoms with Gasteiger partial charge in [-0.3, -0.25) is 4.79 Å². The molecule has 3 aromatic rings. The lowest BCUT2D eigenvalue weighted by molar-refractivity contribution is 0.104. The van der Waals surface area contributed by atoms with Crippen LogP contribution < -0.4 is 29.0 Å². The van der Waals surface area contributed by atoms with Gasteiger partial charge in [-0.25, -0.2) is 0 Å². The highest BCUT2D eigenvalue weighted by Gasteiger charge is 2.15. The smallest absolute Gasteiger partial charge is 0.203 e. The number of hydrogen-bond donors (Lipinski definition) is 1. The Labute approximate surface area is 220 Å². The molecular formula is C28H30BrNO6. The maximum atomic E-state index is 12.6. The van der Waals surface area contributed by atoms with Crippen LogP contribution in [0.25, 0.3) is 0 Å². The highest BCUT2D eigenvalue weighted by Crippen LogP contribution is 2.39. The minimum atomic E-state index is -0.170. The van der Waals surface area contributed by atoms with E-state index in [0.29, 0.717) is 34.3 Å². The van der Waals surface area contributed by atoms with E-state index >= 15 is 0 Å². The average molecular weight is 556 g/mol. The fourth-order valence-corrected chi connectivity index (χ4v) is 4.49. The molecule has 0 aliphatic carbocycles. The highest BCUT2D eigenvalue weighted by molar-refractivity contribution is 9.10. The quantitative estimate of drug-likeness (QED) is 0.214. The molecule has 0 spiro atoms. The molecule has 3 aromatic carbocycles. The third kappa shape index (κ3) is 6.31. The second-order valence-corrected chi connectivity index (χ2v) is 8.59. The van der Waals surface area contributed by atoms with Gasteiger partial charge in [0.25, 0.3) is 0 Å². The van der Waals surface area contributed by atoms with Crippen molar-refractivity contribution in [2.24, 2.45) is 0 Å². The van der Waals surface area contributed by atoms with E-state index in [2.05, 4.69) is 21.2 Å². The predicted octanol–water partition coefficient (Wildman–Crippen LogP) is 6.09. The molecule has 0 bridgehead atoms. The largest absolute Gasteiger partial charge is 0.496 e. The van der Waals surface area contributed by atoms with Gasteiger partial charge in [-0.05, 0) is 76.3 Å². The van der Waals surface area contributed by atoms with Crippen molar-refractivity contribution in [3.05, 3.63) is 82.0 Å². The molecule has 0 aromatic heterocycles. The molecule has 0 unspecified atom stereocenters. The van der Waals surface area contributed by atoms with E-state index in [1.165, 1.54) is 6.08 Å². The third-order valence-electron chi connectivity index (χ3n) is 5.58. The fourth-order valence-electron chi connectivity index (χ4n) is 3.82. The zero-order valence-electron chi connectivity index (χ0n) is 21.0. The number of benzene rings is 3. The van der Waals surface area contributed by atoms with Gasteiger partial charge in [0.2, 0.25) is 5.75 Å². The van der Waals surface area contributed by atoms with Crippen molar-refractivity contribution in [1.82, 2.24) is 0 Å². The van der Waals surface area contributed by atoms with E-state index in [-0.39, 0.29) is 5.78 Å². The minimum Gasteiger partial charge on any atom is -0.496 e. The number of allylic oxidation sites excluding steroid dienone is 1. The molecule has 0 radical (unpaired) electrons. The van der Waals surface area contributed by atoms with Gasteiger partial charge in [0.05, 0.1) is 51.3 Å². The molecule has 0 heterocycles. The van der Waals surface area contributed by atoms with Crippen LogP contribution in [0.5, 0.6) is 28.7 Å². The van der Waals surface area contributed by atoms with Crippen LogP contribution in [0.15, 0.2) is 65.3 Å². The number of hydrogen-bond acceptors (Lipinski definition) is 7. The zero-order chi connectivity index (χ0) is 26.1. The molecule has 3 rings (SSSR count). The maximum absolute atomic E-state index is 12.6. The van der Waals surface area contributed by atoms with Crippen LogP contribution in [-0.2, 0) is 12.8 Å². The first-order valence-corrected chi connectivity index (χ1v) is 12.0. The molecule has 7 nitrogen and oxygen atoms in total. The monoisotopic (exact) mass is 555 g/mol. The number of aryl methyl sites for hydroxylation is 2. The van der Waals surface area contributed by atoms with Gasteiger partial charge in [0.15, 0.2) is 23.0 Å². The first kappa shape index (κ1) is 26.9. The van der Waals surface area contributed by atoms with Gasteiger partial charge in [0.1, 0.15) is 5.75 Å². The lowest BCUT2D eigenvalue weighted by atomic mass is 10.0. The predicted molar refractivity (Wildman–Crippen MR) is 144 cm³/mol. The number of carbonyl (C=O) groups excluding carboxylic acids is 1. The van der Waals surface area contributed by atoms with E-state index in [1.807, 2.05) is 30.3 Å². The molecule has 0 fully saturated rings. The summed E-state index contributed by atoms with van der Waals surface area (Å²) in [4.78, 5) is 12.6. The Hall–Kier alpha value is -3.65. The first-order valence-electron chi connectivity index (χ1n) is 11.2. The van der Waals surface area contributed by atoms with Crippen LogP contribution in [0.1, 0.15) is 21.5 Å².